The van der Waals surface area contributed by atoms with Crippen LogP contribution in [0.4, 0.5) is 23.2 Å². The minimum absolute atomic E-state index is 0.204. The van der Waals surface area contributed by atoms with Gasteiger partial charge in [-0.15, -0.1) is 0 Å². The minimum Gasteiger partial charge on any atom is -0.378 e. The van der Waals surface area contributed by atoms with Crippen LogP contribution in [0, 0.1) is 30.2 Å². The molecule has 1 aromatic carbocycles. The van der Waals surface area contributed by atoms with E-state index in [9.17, 15) is 17.6 Å². The highest BCUT2D eigenvalue weighted by molar-refractivity contribution is 5.52. The highest BCUT2D eigenvalue weighted by Crippen LogP contribution is 2.30. The summed E-state index contributed by atoms with van der Waals surface area (Å²) in [5.74, 6) is -5.37. The van der Waals surface area contributed by atoms with Crippen molar-refractivity contribution in [2.45, 2.75) is 6.92 Å². The molecule has 0 saturated carbocycles. The summed E-state index contributed by atoms with van der Waals surface area (Å²) in [4.78, 5) is 1.25. The van der Waals surface area contributed by atoms with E-state index in [1.54, 1.807) is 0 Å². The predicted octanol–water partition coefficient (Wildman–Crippen LogP) is 2.39. The molecule has 0 atom stereocenters. The molecular formula is C11H11F4NO. The monoisotopic (exact) mass is 249 g/mol. The van der Waals surface area contributed by atoms with Crippen LogP contribution in [0.25, 0.3) is 0 Å². The Morgan fingerprint density at radius 1 is 0.882 bits per heavy atom. The van der Waals surface area contributed by atoms with E-state index in [-0.39, 0.29) is 26.3 Å². The van der Waals surface area contributed by atoms with Gasteiger partial charge in [-0.3, -0.25) is 0 Å². The molecule has 0 amide bonds. The maximum Gasteiger partial charge on any atom is 0.185 e. The standard InChI is InChI=1S/C11H11F4NO/c1-6-7(12)9(14)11(10(15)8(6)13)16-2-4-17-5-3-16/h2-5H2,1H3. The molecule has 6 heteroatoms. The first-order chi connectivity index (χ1) is 8.04. The molecule has 0 radical (unpaired) electrons. The molecule has 0 N–H and O–H groups in total. The zero-order chi connectivity index (χ0) is 12.6. The minimum atomic E-state index is -1.34. The lowest BCUT2D eigenvalue weighted by Gasteiger charge is -2.29. The number of nitrogens with zero attached hydrogens (tertiary/aromatic N) is 1. The zero-order valence-electron chi connectivity index (χ0n) is 9.20. The van der Waals surface area contributed by atoms with Crippen molar-refractivity contribution in [3.63, 3.8) is 0 Å². The normalized spacial score (nSPS) is 16.4. The third kappa shape index (κ3) is 1.97. The third-order valence-corrected chi connectivity index (χ3v) is 2.79. The van der Waals surface area contributed by atoms with Gasteiger partial charge in [0.25, 0.3) is 0 Å². The molecule has 0 bridgehead atoms. The summed E-state index contributed by atoms with van der Waals surface area (Å²) in [7, 11) is 0. The van der Waals surface area contributed by atoms with Crippen molar-refractivity contribution < 1.29 is 22.3 Å². The molecule has 0 aromatic heterocycles. The lowest BCUT2D eigenvalue weighted by atomic mass is 10.1. The van der Waals surface area contributed by atoms with E-state index in [1.165, 1.54) is 4.90 Å². The van der Waals surface area contributed by atoms with Crippen LogP contribution in [0.1, 0.15) is 5.56 Å². The summed E-state index contributed by atoms with van der Waals surface area (Å²) < 4.78 is 59.0. The Kier molecular flexibility index (Phi) is 3.24. The van der Waals surface area contributed by atoms with Gasteiger partial charge in [0.15, 0.2) is 23.3 Å². The maximum atomic E-state index is 13.6. The molecule has 1 aliphatic rings. The summed E-state index contributed by atoms with van der Waals surface area (Å²) in [6.45, 7) is 1.96. The van der Waals surface area contributed by atoms with Crippen molar-refractivity contribution >= 4 is 5.69 Å². The first kappa shape index (κ1) is 12.2. The quantitative estimate of drug-likeness (QED) is 0.559. The summed E-state index contributed by atoms with van der Waals surface area (Å²) in [5, 5.41) is 0. The molecule has 17 heavy (non-hydrogen) atoms. The van der Waals surface area contributed by atoms with Crippen LogP contribution in [-0.4, -0.2) is 26.3 Å². The van der Waals surface area contributed by atoms with Gasteiger partial charge in [0.2, 0.25) is 0 Å². The van der Waals surface area contributed by atoms with Gasteiger partial charge in [-0.25, -0.2) is 17.6 Å². The number of ether oxygens (including phenoxy) is 1. The SMILES string of the molecule is Cc1c(F)c(F)c(N2CCOCC2)c(F)c1F. The molecule has 1 aromatic rings. The molecule has 0 aliphatic carbocycles. The van der Waals surface area contributed by atoms with Crippen LogP contribution in [-0.2, 0) is 4.74 Å². The van der Waals surface area contributed by atoms with Crippen LogP contribution < -0.4 is 4.90 Å². The second-order valence-electron chi connectivity index (χ2n) is 3.83. The summed E-state index contributed by atoms with van der Waals surface area (Å²) in [6.07, 6.45) is 0. The van der Waals surface area contributed by atoms with E-state index >= 15 is 0 Å². The van der Waals surface area contributed by atoms with Crippen LogP contribution in [0.5, 0.6) is 0 Å². The Hall–Kier alpha value is -1.30. The molecule has 0 unspecified atom stereocenters. The van der Waals surface area contributed by atoms with Gasteiger partial charge in [-0.1, -0.05) is 0 Å². The van der Waals surface area contributed by atoms with E-state index in [4.69, 9.17) is 4.74 Å². The van der Waals surface area contributed by atoms with E-state index in [1.807, 2.05) is 0 Å². The Labute approximate surface area is 95.8 Å². The fourth-order valence-corrected chi connectivity index (χ4v) is 1.79. The summed E-state index contributed by atoms with van der Waals surface area (Å²) in [6, 6.07) is 0. The number of hydrogen-bond donors (Lipinski definition) is 0. The fourth-order valence-electron chi connectivity index (χ4n) is 1.79. The maximum absolute atomic E-state index is 13.6. The number of morpholine rings is 1. The van der Waals surface area contributed by atoms with Crippen LogP contribution in [0.15, 0.2) is 0 Å². The van der Waals surface area contributed by atoms with Crippen molar-refractivity contribution in [3.05, 3.63) is 28.8 Å². The fraction of sp³-hybridized carbons (Fsp3) is 0.455. The number of rotatable bonds is 1. The smallest absolute Gasteiger partial charge is 0.185 e. The van der Waals surface area contributed by atoms with Crippen molar-refractivity contribution in [3.8, 4) is 0 Å². The van der Waals surface area contributed by atoms with Gasteiger partial charge in [0.05, 0.1) is 13.2 Å². The van der Waals surface area contributed by atoms with Crippen molar-refractivity contribution in [1.82, 2.24) is 0 Å². The lowest BCUT2D eigenvalue weighted by Crippen LogP contribution is -2.37. The van der Waals surface area contributed by atoms with Gasteiger partial charge in [0, 0.05) is 18.7 Å². The van der Waals surface area contributed by atoms with Gasteiger partial charge >= 0.3 is 0 Å². The number of anilines is 1. The van der Waals surface area contributed by atoms with Crippen molar-refractivity contribution in [2.75, 3.05) is 31.2 Å². The third-order valence-electron chi connectivity index (χ3n) is 2.79. The van der Waals surface area contributed by atoms with Gasteiger partial charge in [-0.05, 0) is 6.92 Å². The average Bonchev–Trinajstić information content (AvgIpc) is 2.36. The molecular weight excluding hydrogens is 238 g/mol. The number of benzene rings is 1. The molecule has 94 valence electrons. The number of hydrogen-bond acceptors (Lipinski definition) is 2. The Morgan fingerprint density at radius 3 is 1.82 bits per heavy atom. The van der Waals surface area contributed by atoms with Crippen LogP contribution in [0.2, 0.25) is 0 Å². The number of halogens is 4. The van der Waals surface area contributed by atoms with E-state index < -0.39 is 34.5 Å². The Bertz CT molecular complexity index is 415. The van der Waals surface area contributed by atoms with Crippen molar-refractivity contribution in [1.29, 1.82) is 0 Å². The second-order valence-corrected chi connectivity index (χ2v) is 3.83. The molecule has 2 nitrogen and oxygen atoms in total. The highest BCUT2D eigenvalue weighted by atomic mass is 19.2. The molecule has 1 fully saturated rings. The largest absolute Gasteiger partial charge is 0.378 e. The summed E-state index contributed by atoms with van der Waals surface area (Å²) in [5.41, 5.74) is -1.29. The first-order valence-electron chi connectivity index (χ1n) is 5.19. The molecule has 1 aliphatic heterocycles. The Morgan fingerprint density at radius 2 is 1.35 bits per heavy atom. The highest BCUT2D eigenvalue weighted by Gasteiger charge is 2.27. The van der Waals surface area contributed by atoms with Gasteiger partial charge < -0.3 is 9.64 Å². The van der Waals surface area contributed by atoms with E-state index in [2.05, 4.69) is 0 Å². The predicted molar refractivity (Wildman–Crippen MR) is 54.0 cm³/mol. The van der Waals surface area contributed by atoms with E-state index in [0.29, 0.717) is 0 Å². The lowest BCUT2D eigenvalue weighted by molar-refractivity contribution is 0.122. The Balaban J connectivity index is 2.52. The summed E-state index contributed by atoms with van der Waals surface area (Å²) >= 11 is 0. The molecule has 1 heterocycles. The van der Waals surface area contributed by atoms with E-state index in [0.717, 1.165) is 6.92 Å². The van der Waals surface area contributed by atoms with Crippen LogP contribution in [0.3, 0.4) is 0 Å². The zero-order valence-corrected chi connectivity index (χ0v) is 9.20. The van der Waals surface area contributed by atoms with Gasteiger partial charge in [-0.2, -0.15) is 0 Å². The topological polar surface area (TPSA) is 12.5 Å². The van der Waals surface area contributed by atoms with Crippen LogP contribution >= 0.6 is 0 Å². The molecule has 2 rings (SSSR count). The average molecular weight is 249 g/mol. The molecule has 1 saturated heterocycles. The second kappa shape index (κ2) is 4.52. The van der Waals surface area contributed by atoms with Crippen molar-refractivity contribution in [2.24, 2.45) is 0 Å². The first-order valence-corrected chi connectivity index (χ1v) is 5.19. The molecule has 0 spiro atoms. The van der Waals surface area contributed by atoms with Gasteiger partial charge in [0.1, 0.15) is 5.69 Å².